The van der Waals surface area contributed by atoms with Crippen molar-refractivity contribution in [3.05, 3.63) is 0 Å². The molecule has 0 aromatic rings. The molecule has 0 bridgehead atoms. The van der Waals surface area contributed by atoms with E-state index in [-0.39, 0.29) is 6.04 Å². The molecular weight excluding hydrogens is 248 g/mol. The lowest BCUT2D eigenvalue weighted by atomic mass is 9.95. The maximum absolute atomic E-state index is 5.84. The summed E-state index contributed by atoms with van der Waals surface area (Å²) in [6.45, 7) is 2.72. The average molecular weight is 280 g/mol. The second-order valence-corrected chi connectivity index (χ2v) is 6.63. The Morgan fingerprint density at radius 2 is 1.40 bits per heavy atom. The van der Waals surface area contributed by atoms with Crippen LogP contribution in [0.5, 0.6) is 0 Å². The van der Waals surface area contributed by atoms with Crippen LogP contribution in [-0.2, 0) is 0 Å². The Hall–Kier alpha value is -0.770. The largest absolute Gasteiger partial charge is 0.354 e. The first-order valence-electron chi connectivity index (χ1n) is 8.57. The number of hydrogen-bond acceptors (Lipinski definition) is 2. The molecule has 0 amide bonds. The number of aliphatic imine (C=N–C) groups is 1. The van der Waals surface area contributed by atoms with Gasteiger partial charge in [-0.05, 0) is 32.6 Å². The third-order valence-electron chi connectivity index (χ3n) is 4.43. The Morgan fingerprint density at radius 1 is 0.950 bits per heavy atom. The van der Waals surface area contributed by atoms with Gasteiger partial charge < -0.3 is 16.4 Å². The molecule has 0 aromatic carbocycles. The van der Waals surface area contributed by atoms with E-state index < -0.39 is 0 Å². The van der Waals surface area contributed by atoms with Gasteiger partial charge in [0.25, 0.3) is 0 Å². The minimum atomic E-state index is 0.131. The molecule has 0 aliphatic heterocycles. The number of nitrogens with zero attached hydrogens (tertiary/aromatic N) is 1. The van der Waals surface area contributed by atoms with E-state index in [1.807, 2.05) is 6.92 Å². The number of hydrogen-bond donors (Lipinski definition) is 3. The highest BCUT2D eigenvalue weighted by atomic mass is 15.2. The molecule has 2 aliphatic rings. The lowest BCUT2D eigenvalue weighted by Crippen LogP contribution is -2.48. The van der Waals surface area contributed by atoms with Gasteiger partial charge in [-0.1, -0.05) is 38.5 Å². The zero-order chi connectivity index (χ0) is 14.2. The van der Waals surface area contributed by atoms with Crippen LogP contribution in [0.25, 0.3) is 0 Å². The average Bonchev–Trinajstić information content (AvgIpc) is 2.47. The lowest BCUT2D eigenvalue weighted by Gasteiger charge is -2.29. The number of rotatable bonds is 4. The molecule has 2 saturated carbocycles. The fraction of sp³-hybridized carbons (Fsp3) is 0.938. The second-order valence-electron chi connectivity index (χ2n) is 6.63. The van der Waals surface area contributed by atoms with Gasteiger partial charge in [-0.3, -0.25) is 4.99 Å². The quantitative estimate of drug-likeness (QED) is 0.548. The highest BCUT2D eigenvalue weighted by Gasteiger charge is 2.18. The van der Waals surface area contributed by atoms with Crippen molar-refractivity contribution in [2.75, 3.05) is 6.54 Å². The summed E-state index contributed by atoms with van der Waals surface area (Å²) in [7, 11) is 0. The third-order valence-corrected chi connectivity index (χ3v) is 4.43. The SMILES string of the molecule is CC(N)CN=C(NC1CCCCC1)NC1CCCCC1. The maximum atomic E-state index is 5.84. The second kappa shape index (κ2) is 8.50. The van der Waals surface area contributed by atoms with Crippen LogP contribution < -0.4 is 16.4 Å². The van der Waals surface area contributed by atoms with Gasteiger partial charge in [0.15, 0.2) is 5.96 Å². The van der Waals surface area contributed by atoms with Crippen LogP contribution >= 0.6 is 0 Å². The van der Waals surface area contributed by atoms with Gasteiger partial charge in [-0.25, -0.2) is 0 Å². The molecule has 0 heterocycles. The van der Waals surface area contributed by atoms with E-state index in [0.717, 1.165) is 5.96 Å². The molecule has 2 aliphatic carbocycles. The molecule has 4 N–H and O–H groups in total. The summed E-state index contributed by atoms with van der Waals surface area (Å²) >= 11 is 0. The van der Waals surface area contributed by atoms with Gasteiger partial charge in [0.1, 0.15) is 0 Å². The van der Waals surface area contributed by atoms with Crippen molar-refractivity contribution in [2.45, 2.75) is 89.3 Å². The Balaban J connectivity index is 1.86. The van der Waals surface area contributed by atoms with E-state index in [4.69, 9.17) is 5.73 Å². The van der Waals surface area contributed by atoms with Crippen LogP contribution in [0.2, 0.25) is 0 Å². The normalized spacial score (nSPS) is 23.1. The van der Waals surface area contributed by atoms with Crippen LogP contribution in [0.15, 0.2) is 4.99 Å². The van der Waals surface area contributed by atoms with Gasteiger partial charge >= 0.3 is 0 Å². The fourth-order valence-electron chi connectivity index (χ4n) is 3.25. The molecule has 116 valence electrons. The minimum Gasteiger partial charge on any atom is -0.354 e. The van der Waals surface area contributed by atoms with Crippen LogP contribution in [-0.4, -0.2) is 30.6 Å². The molecule has 2 rings (SSSR count). The van der Waals surface area contributed by atoms with Crippen molar-refractivity contribution in [2.24, 2.45) is 10.7 Å². The molecule has 1 atom stereocenters. The molecule has 1 unspecified atom stereocenters. The molecule has 4 nitrogen and oxygen atoms in total. The molecule has 0 spiro atoms. The summed E-state index contributed by atoms with van der Waals surface area (Å²) in [6.07, 6.45) is 13.3. The third kappa shape index (κ3) is 5.70. The van der Waals surface area contributed by atoms with Crippen molar-refractivity contribution < 1.29 is 0 Å². The number of nitrogens with two attached hydrogens (primary N) is 1. The molecule has 0 radical (unpaired) electrons. The van der Waals surface area contributed by atoms with Gasteiger partial charge in [0.2, 0.25) is 0 Å². The van der Waals surface area contributed by atoms with E-state index in [1.165, 1.54) is 64.2 Å². The zero-order valence-corrected chi connectivity index (χ0v) is 13.0. The van der Waals surface area contributed by atoms with Crippen molar-refractivity contribution in [1.82, 2.24) is 10.6 Å². The van der Waals surface area contributed by atoms with Crippen LogP contribution in [0.4, 0.5) is 0 Å². The van der Waals surface area contributed by atoms with Crippen LogP contribution in [0.1, 0.15) is 71.1 Å². The summed E-state index contributed by atoms with van der Waals surface area (Å²) in [6, 6.07) is 1.34. The topological polar surface area (TPSA) is 62.4 Å². The molecule has 0 aromatic heterocycles. The smallest absolute Gasteiger partial charge is 0.191 e. The van der Waals surface area contributed by atoms with E-state index in [1.54, 1.807) is 0 Å². The van der Waals surface area contributed by atoms with E-state index in [9.17, 15) is 0 Å². The Bertz CT molecular complexity index is 267. The van der Waals surface area contributed by atoms with Crippen molar-refractivity contribution in [3.8, 4) is 0 Å². The fourth-order valence-corrected chi connectivity index (χ4v) is 3.25. The van der Waals surface area contributed by atoms with Gasteiger partial charge in [-0.15, -0.1) is 0 Å². The lowest BCUT2D eigenvalue weighted by molar-refractivity contribution is 0.388. The molecular formula is C16H32N4. The Labute approximate surface area is 124 Å². The standard InChI is InChI=1S/C16H32N4/c1-13(17)12-18-16(19-14-8-4-2-5-9-14)20-15-10-6-3-7-11-15/h13-15H,2-12,17H2,1H3,(H2,18,19,20). The van der Waals surface area contributed by atoms with Crippen molar-refractivity contribution in [1.29, 1.82) is 0 Å². The van der Waals surface area contributed by atoms with Gasteiger partial charge in [0, 0.05) is 18.1 Å². The minimum absolute atomic E-state index is 0.131. The Kier molecular flexibility index (Phi) is 6.64. The summed E-state index contributed by atoms with van der Waals surface area (Å²) in [5.41, 5.74) is 5.84. The molecule has 0 saturated heterocycles. The first-order chi connectivity index (χ1) is 9.74. The number of guanidine groups is 1. The first kappa shape index (κ1) is 15.6. The van der Waals surface area contributed by atoms with Crippen LogP contribution in [0.3, 0.4) is 0 Å². The molecule has 20 heavy (non-hydrogen) atoms. The van der Waals surface area contributed by atoms with E-state index in [2.05, 4.69) is 15.6 Å². The van der Waals surface area contributed by atoms with Crippen molar-refractivity contribution in [3.63, 3.8) is 0 Å². The van der Waals surface area contributed by atoms with E-state index >= 15 is 0 Å². The molecule has 4 heteroatoms. The first-order valence-corrected chi connectivity index (χ1v) is 8.57. The predicted octanol–water partition coefficient (Wildman–Crippen LogP) is 2.53. The summed E-state index contributed by atoms with van der Waals surface area (Å²) in [5.74, 6) is 1.00. The summed E-state index contributed by atoms with van der Waals surface area (Å²) in [4.78, 5) is 4.68. The summed E-state index contributed by atoms with van der Waals surface area (Å²) in [5, 5.41) is 7.28. The van der Waals surface area contributed by atoms with Gasteiger partial charge in [-0.2, -0.15) is 0 Å². The van der Waals surface area contributed by atoms with Crippen molar-refractivity contribution >= 4 is 5.96 Å². The van der Waals surface area contributed by atoms with Gasteiger partial charge in [0.05, 0.1) is 6.54 Å². The highest BCUT2D eigenvalue weighted by Crippen LogP contribution is 2.19. The Morgan fingerprint density at radius 3 is 1.80 bits per heavy atom. The predicted molar refractivity (Wildman–Crippen MR) is 86.0 cm³/mol. The molecule has 2 fully saturated rings. The van der Waals surface area contributed by atoms with E-state index in [0.29, 0.717) is 18.6 Å². The monoisotopic (exact) mass is 280 g/mol. The zero-order valence-electron chi connectivity index (χ0n) is 13.0. The summed E-state index contributed by atoms with van der Waals surface area (Å²) < 4.78 is 0. The highest BCUT2D eigenvalue weighted by molar-refractivity contribution is 5.80. The maximum Gasteiger partial charge on any atom is 0.191 e. The van der Waals surface area contributed by atoms with Crippen LogP contribution in [0, 0.1) is 0 Å². The number of nitrogens with one attached hydrogen (secondary N) is 2.